The van der Waals surface area contributed by atoms with E-state index in [9.17, 15) is 0 Å². The van der Waals surface area contributed by atoms with Gasteiger partial charge < -0.3 is 9.72 Å². The van der Waals surface area contributed by atoms with Gasteiger partial charge in [-0.3, -0.25) is 0 Å². The van der Waals surface area contributed by atoms with Crippen molar-refractivity contribution in [3.63, 3.8) is 0 Å². The highest BCUT2D eigenvalue weighted by Crippen LogP contribution is 2.29. The number of nitrogens with zero attached hydrogens (tertiary/aromatic N) is 3. The second-order valence-electron chi connectivity index (χ2n) is 4.60. The lowest BCUT2D eigenvalue weighted by molar-refractivity contribution is 0.871. The van der Waals surface area contributed by atoms with E-state index in [-0.39, 0.29) is 6.04 Å². The minimum Gasteiger partial charge on any atom is -0.360 e. The maximum atomic E-state index is 6.24. The Bertz CT molecular complexity index is 803. The number of aromatic nitrogens is 3. The Kier molecular flexibility index (Phi) is 4.06. The van der Waals surface area contributed by atoms with Crippen LogP contribution in [0.15, 0.2) is 41.4 Å². The maximum absolute atomic E-state index is 6.24. The Balaban J connectivity index is 1.96. The lowest BCUT2D eigenvalue weighted by Crippen LogP contribution is -2.10. The third kappa shape index (κ3) is 3.00. The Labute approximate surface area is 140 Å². The average Bonchev–Trinajstić information content (AvgIpc) is 2.86. The van der Waals surface area contributed by atoms with Crippen LogP contribution in [-0.2, 0) is 0 Å². The minimum absolute atomic E-state index is 0.0305. The zero-order valence-corrected chi connectivity index (χ0v) is 14.1. The summed E-state index contributed by atoms with van der Waals surface area (Å²) < 4.78 is 2.63. The molecule has 0 aliphatic rings. The molecule has 0 spiro atoms. The summed E-state index contributed by atoms with van der Waals surface area (Å²) in [5.74, 6) is 0.688. The molecule has 0 amide bonds. The van der Waals surface area contributed by atoms with Crippen LogP contribution in [0.4, 0.5) is 5.82 Å². The fourth-order valence-corrected chi connectivity index (χ4v) is 3.10. The Morgan fingerprint density at radius 1 is 1.33 bits per heavy atom. The monoisotopic (exact) mass is 384 g/mol. The SMILES string of the molecule is CC(Nc1nc(Br)cn2ccnc12)c1ccc(Cl)cc1Cl. The summed E-state index contributed by atoms with van der Waals surface area (Å²) in [6, 6.07) is 5.43. The van der Waals surface area contributed by atoms with E-state index in [0.29, 0.717) is 15.9 Å². The number of fused-ring (bicyclic) bond motifs is 1. The minimum atomic E-state index is -0.0305. The molecule has 0 aliphatic carbocycles. The lowest BCUT2D eigenvalue weighted by atomic mass is 10.1. The van der Waals surface area contributed by atoms with Gasteiger partial charge in [0.25, 0.3) is 0 Å². The van der Waals surface area contributed by atoms with Crippen LogP contribution in [0.25, 0.3) is 5.65 Å². The normalized spacial score (nSPS) is 12.6. The smallest absolute Gasteiger partial charge is 0.180 e. The van der Waals surface area contributed by atoms with E-state index in [0.717, 1.165) is 15.8 Å². The number of hydrogen-bond donors (Lipinski definition) is 1. The number of nitrogens with one attached hydrogen (secondary N) is 1. The molecule has 4 nitrogen and oxygen atoms in total. The summed E-state index contributed by atoms with van der Waals surface area (Å²) in [6.07, 6.45) is 5.45. The highest BCUT2D eigenvalue weighted by Gasteiger charge is 2.13. The van der Waals surface area contributed by atoms with Gasteiger partial charge in [0.05, 0.1) is 6.04 Å². The van der Waals surface area contributed by atoms with Crippen LogP contribution in [-0.4, -0.2) is 14.4 Å². The van der Waals surface area contributed by atoms with Crippen molar-refractivity contribution >= 4 is 50.6 Å². The first-order chi connectivity index (χ1) is 10.0. The summed E-state index contributed by atoms with van der Waals surface area (Å²) >= 11 is 15.6. The molecule has 21 heavy (non-hydrogen) atoms. The summed E-state index contributed by atoms with van der Waals surface area (Å²) in [6.45, 7) is 2.01. The molecule has 0 saturated carbocycles. The number of hydrogen-bond acceptors (Lipinski definition) is 3. The molecule has 3 aromatic rings. The number of imidazole rings is 1. The van der Waals surface area contributed by atoms with Gasteiger partial charge in [0, 0.05) is 28.6 Å². The summed E-state index contributed by atoms with van der Waals surface area (Å²) in [7, 11) is 0. The van der Waals surface area contributed by atoms with Crippen molar-refractivity contribution in [1.82, 2.24) is 14.4 Å². The third-order valence-electron chi connectivity index (χ3n) is 3.13. The summed E-state index contributed by atoms with van der Waals surface area (Å²) in [4.78, 5) is 8.75. The number of anilines is 1. The predicted octanol–water partition coefficient (Wildman–Crippen LogP) is 4.97. The van der Waals surface area contributed by atoms with Crippen molar-refractivity contribution in [3.8, 4) is 0 Å². The average molecular weight is 386 g/mol. The zero-order chi connectivity index (χ0) is 15.0. The van der Waals surface area contributed by atoms with E-state index >= 15 is 0 Å². The molecule has 0 aliphatic heterocycles. The summed E-state index contributed by atoms with van der Waals surface area (Å²) in [5.41, 5.74) is 1.71. The van der Waals surface area contributed by atoms with Crippen molar-refractivity contribution < 1.29 is 0 Å². The fourth-order valence-electron chi connectivity index (χ4n) is 2.13. The van der Waals surface area contributed by atoms with Crippen LogP contribution in [0, 0.1) is 0 Å². The van der Waals surface area contributed by atoms with Crippen LogP contribution < -0.4 is 5.32 Å². The van der Waals surface area contributed by atoms with Gasteiger partial charge in [0.1, 0.15) is 4.60 Å². The molecule has 1 unspecified atom stereocenters. The maximum Gasteiger partial charge on any atom is 0.180 e. The van der Waals surface area contributed by atoms with Crippen LogP contribution >= 0.6 is 39.1 Å². The van der Waals surface area contributed by atoms with Crippen LogP contribution in [0.3, 0.4) is 0 Å². The molecule has 7 heteroatoms. The van der Waals surface area contributed by atoms with E-state index in [2.05, 4.69) is 31.2 Å². The van der Waals surface area contributed by atoms with Gasteiger partial charge in [-0.15, -0.1) is 0 Å². The molecule has 0 radical (unpaired) electrons. The van der Waals surface area contributed by atoms with Crippen LogP contribution in [0.2, 0.25) is 10.0 Å². The van der Waals surface area contributed by atoms with Crippen molar-refractivity contribution in [2.24, 2.45) is 0 Å². The number of benzene rings is 1. The molecule has 0 bridgehead atoms. The Morgan fingerprint density at radius 2 is 2.14 bits per heavy atom. The molecule has 108 valence electrons. The molecule has 1 aromatic carbocycles. The molecule has 0 saturated heterocycles. The highest BCUT2D eigenvalue weighted by atomic mass is 79.9. The van der Waals surface area contributed by atoms with Crippen molar-refractivity contribution in [2.75, 3.05) is 5.32 Å². The van der Waals surface area contributed by atoms with E-state index < -0.39 is 0 Å². The van der Waals surface area contributed by atoms with Crippen molar-refractivity contribution in [1.29, 1.82) is 0 Å². The first-order valence-corrected chi connectivity index (χ1v) is 7.80. The Hall–Kier alpha value is -1.30. The molecule has 2 aromatic heterocycles. The van der Waals surface area contributed by atoms with E-state index in [1.54, 1.807) is 12.3 Å². The molecule has 1 N–H and O–H groups in total. The fraction of sp³-hybridized carbons (Fsp3) is 0.143. The largest absolute Gasteiger partial charge is 0.360 e. The first-order valence-electron chi connectivity index (χ1n) is 6.25. The van der Waals surface area contributed by atoms with Gasteiger partial charge in [-0.05, 0) is 40.5 Å². The summed E-state index contributed by atoms with van der Waals surface area (Å²) in [5, 5.41) is 4.58. The first kappa shape index (κ1) is 14.6. The van der Waals surface area contributed by atoms with Gasteiger partial charge >= 0.3 is 0 Å². The highest BCUT2D eigenvalue weighted by molar-refractivity contribution is 9.10. The van der Waals surface area contributed by atoms with Gasteiger partial charge in [0.2, 0.25) is 0 Å². The topological polar surface area (TPSA) is 42.2 Å². The number of halogens is 3. The standard InChI is InChI=1S/C14H11BrCl2N4/c1-8(10-3-2-9(16)6-11(10)17)19-13-14-18-4-5-21(14)7-12(15)20-13/h2-8H,1H3,(H,19,20). The molecule has 2 heterocycles. The molecular weight excluding hydrogens is 375 g/mol. The van der Waals surface area contributed by atoms with Crippen molar-refractivity contribution in [3.05, 3.63) is 57.0 Å². The molecule has 0 fully saturated rings. The van der Waals surface area contributed by atoms with Crippen LogP contribution in [0.1, 0.15) is 18.5 Å². The second-order valence-corrected chi connectivity index (χ2v) is 6.26. The molecular formula is C14H11BrCl2N4. The second kappa shape index (κ2) is 5.83. The Morgan fingerprint density at radius 3 is 2.90 bits per heavy atom. The van der Waals surface area contributed by atoms with Crippen LogP contribution in [0.5, 0.6) is 0 Å². The van der Waals surface area contributed by atoms with Gasteiger partial charge in [0.15, 0.2) is 11.5 Å². The number of rotatable bonds is 3. The van der Waals surface area contributed by atoms with E-state index in [1.165, 1.54) is 0 Å². The van der Waals surface area contributed by atoms with E-state index in [4.69, 9.17) is 23.2 Å². The van der Waals surface area contributed by atoms with Gasteiger partial charge in [-0.2, -0.15) is 0 Å². The lowest BCUT2D eigenvalue weighted by Gasteiger charge is -2.17. The van der Waals surface area contributed by atoms with Crippen molar-refractivity contribution in [2.45, 2.75) is 13.0 Å². The van der Waals surface area contributed by atoms with Gasteiger partial charge in [-0.1, -0.05) is 29.3 Å². The van der Waals surface area contributed by atoms with Gasteiger partial charge in [-0.25, -0.2) is 9.97 Å². The van der Waals surface area contributed by atoms with E-state index in [1.807, 2.05) is 35.9 Å². The zero-order valence-electron chi connectivity index (χ0n) is 11.0. The molecule has 3 rings (SSSR count). The molecule has 1 atom stereocenters. The third-order valence-corrected chi connectivity index (χ3v) is 4.07. The predicted molar refractivity (Wildman–Crippen MR) is 89.2 cm³/mol. The quantitative estimate of drug-likeness (QED) is 0.691.